The number of anilines is 1. The summed E-state index contributed by atoms with van der Waals surface area (Å²) >= 11 is 6.00. The largest absolute Gasteiger partial charge is 0.490 e. The summed E-state index contributed by atoms with van der Waals surface area (Å²) in [5, 5.41) is 6.76. The van der Waals surface area contributed by atoms with Gasteiger partial charge in [0.15, 0.2) is 11.5 Å². The lowest BCUT2D eigenvalue weighted by Crippen LogP contribution is -2.32. The molecule has 0 aliphatic rings. The zero-order valence-corrected chi connectivity index (χ0v) is 16.7. The average Bonchev–Trinajstić information content (AvgIpc) is 2.67. The van der Waals surface area contributed by atoms with Gasteiger partial charge in [0, 0.05) is 10.7 Å². The number of benzene rings is 2. The summed E-state index contributed by atoms with van der Waals surface area (Å²) in [6, 6.07) is 10.2. The Morgan fingerprint density at radius 1 is 1.04 bits per heavy atom. The second-order valence-corrected chi connectivity index (χ2v) is 6.10. The van der Waals surface area contributed by atoms with E-state index in [9.17, 15) is 9.59 Å². The van der Waals surface area contributed by atoms with E-state index in [0.29, 0.717) is 41.0 Å². The first-order chi connectivity index (χ1) is 13.4. The minimum Gasteiger partial charge on any atom is -0.490 e. The molecule has 0 radical (unpaired) electrons. The lowest BCUT2D eigenvalue weighted by atomic mass is 10.2. The molecular weight excluding hydrogens is 382 g/mol. The van der Waals surface area contributed by atoms with Gasteiger partial charge in [-0.05, 0) is 62.2 Å². The summed E-state index contributed by atoms with van der Waals surface area (Å²) in [5.74, 6) is -0.544. The lowest BCUT2D eigenvalue weighted by Gasteiger charge is -2.11. The smallest absolute Gasteiger partial charge is 0.329 e. The van der Waals surface area contributed by atoms with Crippen molar-refractivity contribution in [2.24, 2.45) is 5.10 Å². The van der Waals surface area contributed by atoms with Crippen LogP contribution in [0.4, 0.5) is 5.69 Å². The molecule has 7 nitrogen and oxygen atoms in total. The minimum atomic E-state index is -0.899. The van der Waals surface area contributed by atoms with Crippen molar-refractivity contribution in [1.29, 1.82) is 0 Å². The Bertz CT molecular complexity index is 884. The van der Waals surface area contributed by atoms with Gasteiger partial charge in [-0.25, -0.2) is 5.43 Å². The molecule has 8 heteroatoms. The number of amides is 2. The number of hydrogen-bond acceptors (Lipinski definition) is 5. The maximum atomic E-state index is 11.9. The third-order valence-corrected chi connectivity index (χ3v) is 3.99. The van der Waals surface area contributed by atoms with Crippen LogP contribution in [0.1, 0.15) is 25.0 Å². The van der Waals surface area contributed by atoms with E-state index < -0.39 is 11.8 Å². The maximum Gasteiger partial charge on any atom is 0.329 e. The van der Waals surface area contributed by atoms with Crippen LogP contribution in [-0.4, -0.2) is 31.2 Å². The Kier molecular flexibility index (Phi) is 7.83. The number of nitrogens with one attached hydrogen (secondary N) is 2. The summed E-state index contributed by atoms with van der Waals surface area (Å²) in [5.41, 5.74) is 4.15. The van der Waals surface area contributed by atoms with E-state index in [1.165, 1.54) is 6.21 Å². The molecule has 0 heterocycles. The van der Waals surface area contributed by atoms with Crippen LogP contribution in [-0.2, 0) is 9.59 Å². The number of halogens is 1. The van der Waals surface area contributed by atoms with Crippen molar-refractivity contribution in [2.45, 2.75) is 20.8 Å². The SMILES string of the molecule is CCOc1ccc(/C=N\NC(=O)C(=O)Nc2ccc(C)c(Cl)c2)cc1OCC. The van der Waals surface area contributed by atoms with Crippen molar-refractivity contribution in [3.05, 3.63) is 52.5 Å². The molecule has 2 rings (SSSR count). The maximum absolute atomic E-state index is 11.9. The molecule has 0 atom stereocenters. The molecule has 0 spiro atoms. The van der Waals surface area contributed by atoms with Gasteiger partial charge in [-0.1, -0.05) is 17.7 Å². The molecule has 0 aromatic heterocycles. The van der Waals surface area contributed by atoms with Crippen LogP contribution >= 0.6 is 11.6 Å². The highest BCUT2D eigenvalue weighted by molar-refractivity contribution is 6.39. The molecule has 2 amide bonds. The molecule has 0 bridgehead atoms. The van der Waals surface area contributed by atoms with Crippen molar-refractivity contribution in [3.63, 3.8) is 0 Å². The first kappa shape index (κ1) is 21.2. The third-order valence-electron chi connectivity index (χ3n) is 3.58. The van der Waals surface area contributed by atoms with Gasteiger partial charge in [-0.3, -0.25) is 9.59 Å². The number of hydrogen-bond donors (Lipinski definition) is 2. The number of carbonyl (C=O) groups is 2. The summed E-state index contributed by atoms with van der Waals surface area (Å²) in [6.07, 6.45) is 1.41. The van der Waals surface area contributed by atoms with Crippen LogP contribution in [0, 0.1) is 6.92 Å². The zero-order chi connectivity index (χ0) is 20.5. The number of nitrogens with zero attached hydrogens (tertiary/aromatic N) is 1. The Hall–Kier alpha value is -3.06. The Morgan fingerprint density at radius 2 is 1.75 bits per heavy atom. The number of rotatable bonds is 7. The van der Waals surface area contributed by atoms with Crippen LogP contribution in [0.3, 0.4) is 0 Å². The van der Waals surface area contributed by atoms with Gasteiger partial charge in [0.25, 0.3) is 0 Å². The summed E-state index contributed by atoms with van der Waals surface area (Å²) in [4.78, 5) is 23.8. The van der Waals surface area contributed by atoms with Crippen molar-refractivity contribution in [2.75, 3.05) is 18.5 Å². The van der Waals surface area contributed by atoms with E-state index in [2.05, 4.69) is 15.8 Å². The van der Waals surface area contributed by atoms with Crippen molar-refractivity contribution in [1.82, 2.24) is 5.43 Å². The van der Waals surface area contributed by atoms with Gasteiger partial charge in [0.2, 0.25) is 0 Å². The van der Waals surface area contributed by atoms with Gasteiger partial charge in [-0.15, -0.1) is 0 Å². The minimum absolute atomic E-state index is 0.424. The predicted molar refractivity (Wildman–Crippen MR) is 109 cm³/mol. The Balaban J connectivity index is 1.97. The van der Waals surface area contributed by atoms with Gasteiger partial charge in [0.1, 0.15) is 0 Å². The van der Waals surface area contributed by atoms with Crippen LogP contribution in [0.2, 0.25) is 5.02 Å². The van der Waals surface area contributed by atoms with Crippen LogP contribution in [0.25, 0.3) is 0 Å². The Labute approximate surface area is 168 Å². The van der Waals surface area contributed by atoms with Gasteiger partial charge in [-0.2, -0.15) is 5.10 Å². The highest BCUT2D eigenvalue weighted by atomic mass is 35.5. The molecule has 148 valence electrons. The first-order valence-electron chi connectivity index (χ1n) is 8.74. The van der Waals surface area contributed by atoms with Crippen molar-refractivity contribution < 1.29 is 19.1 Å². The molecule has 0 unspecified atom stereocenters. The average molecular weight is 404 g/mol. The Morgan fingerprint density at radius 3 is 2.43 bits per heavy atom. The number of carbonyl (C=O) groups excluding carboxylic acids is 2. The monoisotopic (exact) mass is 403 g/mol. The number of aryl methyl sites for hydroxylation is 1. The quantitative estimate of drug-likeness (QED) is 0.420. The van der Waals surface area contributed by atoms with E-state index in [1.54, 1.807) is 36.4 Å². The topological polar surface area (TPSA) is 89.0 Å². The molecule has 0 aliphatic heterocycles. The van der Waals surface area contributed by atoms with Gasteiger partial charge >= 0.3 is 11.8 Å². The molecule has 0 saturated carbocycles. The van der Waals surface area contributed by atoms with Crippen LogP contribution in [0.5, 0.6) is 11.5 Å². The van der Waals surface area contributed by atoms with Gasteiger partial charge < -0.3 is 14.8 Å². The first-order valence-corrected chi connectivity index (χ1v) is 9.12. The molecule has 0 saturated heterocycles. The van der Waals surface area contributed by atoms with Crippen LogP contribution in [0.15, 0.2) is 41.5 Å². The predicted octanol–water partition coefficient (Wildman–Crippen LogP) is 3.53. The normalized spacial score (nSPS) is 10.6. The summed E-state index contributed by atoms with van der Waals surface area (Å²) in [6.45, 7) is 6.60. The van der Waals surface area contributed by atoms with E-state index in [-0.39, 0.29) is 0 Å². The van der Waals surface area contributed by atoms with Crippen LogP contribution < -0.4 is 20.2 Å². The fourth-order valence-corrected chi connectivity index (χ4v) is 2.40. The fourth-order valence-electron chi connectivity index (χ4n) is 2.22. The molecule has 2 N–H and O–H groups in total. The highest BCUT2D eigenvalue weighted by Gasteiger charge is 2.13. The fraction of sp³-hybridized carbons (Fsp3) is 0.250. The molecular formula is C20H22ClN3O4. The second-order valence-electron chi connectivity index (χ2n) is 5.69. The molecule has 28 heavy (non-hydrogen) atoms. The zero-order valence-electron chi connectivity index (χ0n) is 15.9. The molecule has 2 aromatic rings. The second kappa shape index (κ2) is 10.3. The van der Waals surface area contributed by atoms with E-state index >= 15 is 0 Å². The van der Waals surface area contributed by atoms with E-state index in [0.717, 1.165) is 5.56 Å². The third kappa shape index (κ3) is 5.99. The van der Waals surface area contributed by atoms with Crippen molar-refractivity contribution >= 4 is 35.3 Å². The van der Waals surface area contributed by atoms with E-state index in [4.69, 9.17) is 21.1 Å². The number of ether oxygens (including phenoxy) is 2. The standard InChI is InChI=1S/C20H22ClN3O4/c1-4-27-17-9-7-14(10-18(17)28-5-2)12-22-24-20(26)19(25)23-15-8-6-13(3)16(21)11-15/h6-12H,4-5H2,1-3H3,(H,23,25)(H,24,26)/b22-12-. The number of hydrazone groups is 1. The summed E-state index contributed by atoms with van der Waals surface area (Å²) in [7, 11) is 0. The van der Waals surface area contributed by atoms with E-state index in [1.807, 2.05) is 20.8 Å². The molecule has 2 aromatic carbocycles. The summed E-state index contributed by atoms with van der Waals surface area (Å²) < 4.78 is 11.0. The van der Waals surface area contributed by atoms with Crippen molar-refractivity contribution in [3.8, 4) is 11.5 Å². The van der Waals surface area contributed by atoms with Gasteiger partial charge in [0.05, 0.1) is 19.4 Å². The highest BCUT2D eigenvalue weighted by Crippen LogP contribution is 2.28. The molecule has 0 fully saturated rings. The lowest BCUT2D eigenvalue weighted by molar-refractivity contribution is -0.136. The molecule has 0 aliphatic carbocycles.